The van der Waals surface area contributed by atoms with Crippen molar-refractivity contribution >= 4 is 9.39 Å². The third-order valence-corrected chi connectivity index (χ3v) is 2.75. The van der Waals surface area contributed by atoms with Gasteiger partial charge in [-0.2, -0.15) is 0 Å². The van der Waals surface area contributed by atoms with Crippen molar-refractivity contribution in [2.75, 3.05) is 13.1 Å². The zero-order chi connectivity index (χ0) is 6.74. The SMILES string of the molecule is CC1(NP)CCNCC1. The van der Waals surface area contributed by atoms with Gasteiger partial charge in [0.15, 0.2) is 0 Å². The van der Waals surface area contributed by atoms with E-state index in [-0.39, 0.29) is 0 Å². The smallest absolute Gasteiger partial charge is 0.0209 e. The molecule has 0 bridgehead atoms. The highest BCUT2D eigenvalue weighted by Crippen LogP contribution is 2.17. The van der Waals surface area contributed by atoms with Crippen LogP contribution in [0.3, 0.4) is 0 Å². The number of nitrogens with one attached hydrogen (secondary N) is 2. The van der Waals surface area contributed by atoms with Crippen LogP contribution in [-0.2, 0) is 0 Å². The molecule has 0 aromatic rings. The highest BCUT2D eigenvalue weighted by atomic mass is 31.0. The summed E-state index contributed by atoms with van der Waals surface area (Å²) in [5.41, 5.74) is 0.371. The fourth-order valence-electron chi connectivity index (χ4n) is 1.12. The lowest BCUT2D eigenvalue weighted by molar-refractivity contribution is 0.316. The molecule has 1 fully saturated rings. The van der Waals surface area contributed by atoms with Crippen LogP contribution in [0.5, 0.6) is 0 Å². The highest BCUT2D eigenvalue weighted by molar-refractivity contribution is 7.13. The lowest BCUT2D eigenvalue weighted by Gasteiger charge is -2.33. The molecule has 0 radical (unpaired) electrons. The van der Waals surface area contributed by atoms with Crippen molar-refractivity contribution in [3.05, 3.63) is 0 Å². The van der Waals surface area contributed by atoms with Crippen LogP contribution in [0, 0.1) is 0 Å². The molecule has 3 heteroatoms. The fraction of sp³-hybridized carbons (Fsp3) is 1.00. The van der Waals surface area contributed by atoms with E-state index in [4.69, 9.17) is 0 Å². The number of hydrogen-bond donors (Lipinski definition) is 2. The summed E-state index contributed by atoms with van der Waals surface area (Å²) >= 11 is 0. The monoisotopic (exact) mass is 146 g/mol. The molecule has 1 saturated heterocycles. The third kappa shape index (κ3) is 1.89. The van der Waals surface area contributed by atoms with Gasteiger partial charge < -0.3 is 5.32 Å². The van der Waals surface area contributed by atoms with Gasteiger partial charge in [0.1, 0.15) is 0 Å². The Bertz CT molecular complexity index is 89.1. The Balaban J connectivity index is 2.37. The number of hydrogen-bond acceptors (Lipinski definition) is 2. The molecule has 1 aliphatic heterocycles. The molecule has 0 spiro atoms. The maximum atomic E-state index is 3.32. The van der Waals surface area contributed by atoms with Gasteiger partial charge in [-0.05, 0) is 32.9 Å². The van der Waals surface area contributed by atoms with Crippen LogP contribution in [0.15, 0.2) is 0 Å². The third-order valence-electron chi connectivity index (χ3n) is 2.06. The van der Waals surface area contributed by atoms with E-state index in [1.807, 2.05) is 0 Å². The van der Waals surface area contributed by atoms with Crippen molar-refractivity contribution < 1.29 is 0 Å². The summed E-state index contributed by atoms with van der Waals surface area (Å²) in [6.45, 7) is 4.57. The predicted molar refractivity (Wildman–Crippen MR) is 43.4 cm³/mol. The predicted octanol–water partition coefficient (Wildman–Crippen LogP) is 0.508. The van der Waals surface area contributed by atoms with E-state index in [1.54, 1.807) is 0 Å². The minimum Gasteiger partial charge on any atom is -0.317 e. The van der Waals surface area contributed by atoms with E-state index in [0.717, 1.165) is 13.1 Å². The second-order valence-electron chi connectivity index (χ2n) is 2.95. The topological polar surface area (TPSA) is 24.1 Å². The van der Waals surface area contributed by atoms with Crippen LogP contribution in [0.4, 0.5) is 0 Å². The van der Waals surface area contributed by atoms with E-state index in [1.165, 1.54) is 12.8 Å². The molecule has 1 atom stereocenters. The zero-order valence-corrected chi connectivity index (χ0v) is 7.06. The maximum absolute atomic E-state index is 3.32. The molecule has 1 heterocycles. The van der Waals surface area contributed by atoms with Crippen molar-refractivity contribution in [2.24, 2.45) is 0 Å². The highest BCUT2D eigenvalue weighted by Gasteiger charge is 2.23. The van der Waals surface area contributed by atoms with Crippen molar-refractivity contribution in [3.8, 4) is 0 Å². The Labute approximate surface area is 59.0 Å². The van der Waals surface area contributed by atoms with Gasteiger partial charge in [-0.3, -0.25) is 5.09 Å². The molecule has 2 nitrogen and oxygen atoms in total. The van der Waals surface area contributed by atoms with Crippen LogP contribution in [-0.4, -0.2) is 18.6 Å². The number of piperidine rings is 1. The lowest BCUT2D eigenvalue weighted by Crippen LogP contribution is -2.46. The van der Waals surface area contributed by atoms with E-state index < -0.39 is 0 Å². The Morgan fingerprint density at radius 2 is 2.00 bits per heavy atom. The molecular weight excluding hydrogens is 131 g/mol. The van der Waals surface area contributed by atoms with Crippen LogP contribution in [0.2, 0.25) is 0 Å². The molecule has 0 aromatic carbocycles. The van der Waals surface area contributed by atoms with Crippen molar-refractivity contribution in [1.29, 1.82) is 0 Å². The second-order valence-corrected chi connectivity index (χ2v) is 3.24. The maximum Gasteiger partial charge on any atom is 0.0209 e. The van der Waals surface area contributed by atoms with Gasteiger partial charge >= 0.3 is 0 Å². The Hall–Kier alpha value is 0.350. The molecule has 0 aliphatic carbocycles. The van der Waals surface area contributed by atoms with E-state index in [2.05, 4.69) is 26.7 Å². The van der Waals surface area contributed by atoms with Crippen molar-refractivity contribution in [3.63, 3.8) is 0 Å². The molecule has 9 heavy (non-hydrogen) atoms. The van der Waals surface area contributed by atoms with E-state index in [0.29, 0.717) is 5.54 Å². The molecule has 0 amide bonds. The zero-order valence-electron chi connectivity index (χ0n) is 5.91. The van der Waals surface area contributed by atoms with Gasteiger partial charge in [0.25, 0.3) is 0 Å². The van der Waals surface area contributed by atoms with Gasteiger partial charge in [0, 0.05) is 5.54 Å². The minimum atomic E-state index is 0.371. The first-order valence-corrected chi connectivity index (χ1v) is 4.03. The summed E-state index contributed by atoms with van der Waals surface area (Å²) in [4.78, 5) is 0. The lowest BCUT2D eigenvalue weighted by atomic mass is 9.92. The quantitative estimate of drug-likeness (QED) is 0.527. The van der Waals surface area contributed by atoms with Gasteiger partial charge in [0.2, 0.25) is 0 Å². The number of rotatable bonds is 1. The van der Waals surface area contributed by atoms with Crippen molar-refractivity contribution in [2.45, 2.75) is 25.3 Å². The standard InChI is InChI=1S/C6H15N2P/c1-6(8-9)2-4-7-5-3-6/h7-8H,2-5,9H2,1H3. The molecule has 1 rings (SSSR count). The molecular formula is C6H15N2P. The first-order valence-electron chi connectivity index (χ1n) is 3.45. The molecule has 54 valence electrons. The minimum absolute atomic E-state index is 0.371. The van der Waals surface area contributed by atoms with Gasteiger partial charge in [0.05, 0.1) is 0 Å². The Morgan fingerprint density at radius 1 is 1.44 bits per heavy atom. The summed E-state index contributed by atoms with van der Waals surface area (Å²) in [5.74, 6) is 0. The van der Waals surface area contributed by atoms with Gasteiger partial charge in [-0.25, -0.2) is 0 Å². The van der Waals surface area contributed by atoms with E-state index >= 15 is 0 Å². The summed E-state index contributed by atoms with van der Waals surface area (Å²) < 4.78 is 0. The average Bonchev–Trinajstić information content (AvgIpc) is 1.90. The first kappa shape index (κ1) is 7.46. The summed E-state index contributed by atoms with van der Waals surface area (Å²) in [5, 5.41) is 6.58. The fourth-order valence-corrected chi connectivity index (χ4v) is 1.41. The summed E-state index contributed by atoms with van der Waals surface area (Å²) in [6, 6.07) is 0. The first-order chi connectivity index (χ1) is 4.27. The summed E-state index contributed by atoms with van der Waals surface area (Å²) in [7, 11) is 2.60. The van der Waals surface area contributed by atoms with Crippen LogP contribution >= 0.6 is 9.39 Å². The second kappa shape index (κ2) is 2.96. The Kier molecular flexibility index (Phi) is 2.45. The average molecular weight is 146 g/mol. The molecule has 2 N–H and O–H groups in total. The normalized spacial score (nSPS) is 26.0. The largest absolute Gasteiger partial charge is 0.317 e. The molecule has 0 saturated carbocycles. The van der Waals surface area contributed by atoms with Gasteiger partial charge in [-0.15, -0.1) is 0 Å². The van der Waals surface area contributed by atoms with Crippen LogP contribution in [0.1, 0.15) is 19.8 Å². The van der Waals surface area contributed by atoms with Crippen LogP contribution in [0.25, 0.3) is 0 Å². The Morgan fingerprint density at radius 3 is 2.33 bits per heavy atom. The molecule has 1 aliphatic rings. The summed E-state index contributed by atoms with van der Waals surface area (Å²) in [6.07, 6.45) is 2.47. The van der Waals surface area contributed by atoms with E-state index in [9.17, 15) is 0 Å². The molecule has 0 aromatic heterocycles. The van der Waals surface area contributed by atoms with Crippen LogP contribution < -0.4 is 10.4 Å². The van der Waals surface area contributed by atoms with Crippen molar-refractivity contribution in [1.82, 2.24) is 10.4 Å². The molecule has 1 unspecified atom stereocenters. The van der Waals surface area contributed by atoms with Gasteiger partial charge in [-0.1, -0.05) is 9.39 Å².